The maximum absolute atomic E-state index is 12.3. The highest BCUT2D eigenvalue weighted by Crippen LogP contribution is 2.38. The average molecular weight is 381 g/mol. The number of hydrogen-bond donors (Lipinski definition) is 2. The van der Waals surface area contributed by atoms with Gasteiger partial charge in [0.2, 0.25) is 11.7 Å². The minimum absolute atomic E-state index is 0.0904. The number of benzene rings is 1. The molecule has 0 aliphatic heterocycles. The van der Waals surface area contributed by atoms with Gasteiger partial charge in [-0.1, -0.05) is 13.8 Å². The molecule has 2 amide bonds. The van der Waals surface area contributed by atoms with Gasteiger partial charge in [-0.25, -0.2) is 0 Å². The summed E-state index contributed by atoms with van der Waals surface area (Å²) < 4.78 is 15.7. The molecule has 0 saturated carbocycles. The SMILES string of the molecule is CCN(CC)CCNC(=O)CCNC(=O)c1cc(OC)c(OC)c(OC)c1. The summed E-state index contributed by atoms with van der Waals surface area (Å²) in [5.74, 6) is 0.814. The molecule has 0 unspecified atom stereocenters. The van der Waals surface area contributed by atoms with Gasteiger partial charge in [0, 0.05) is 31.6 Å². The molecule has 0 atom stereocenters. The van der Waals surface area contributed by atoms with E-state index in [1.54, 1.807) is 12.1 Å². The molecule has 2 N–H and O–H groups in total. The van der Waals surface area contributed by atoms with E-state index in [-0.39, 0.29) is 24.8 Å². The first-order valence-electron chi connectivity index (χ1n) is 9.07. The number of methoxy groups -OCH3 is 3. The molecule has 0 bridgehead atoms. The van der Waals surface area contributed by atoms with Crippen molar-refractivity contribution in [3.05, 3.63) is 17.7 Å². The van der Waals surface area contributed by atoms with Crippen molar-refractivity contribution < 1.29 is 23.8 Å². The van der Waals surface area contributed by atoms with Crippen LogP contribution in [0.25, 0.3) is 0 Å². The van der Waals surface area contributed by atoms with Crippen LogP contribution in [0.2, 0.25) is 0 Å². The molecule has 0 heterocycles. The second-order valence-electron chi connectivity index (χ2n) is 5.80. The summed E-state index contributed by atoms with van der Waals surface area (Å²) in [5.41, 5.74) is 0.367. The first-order valence-corrected chi connectivity index (χ1v) is 9.07. The van der Waals surface area contributed by atoms with Crippen LogP contribution in [0.15, 0.2) is 12.1 Å². The fourth-order valence-corrected chi connectivity index (χ4v) is 2.59. The lowest BCUT2D eigenvalue weighted by Gasteiger charge is -2.18. The van der Waals surface area contributed by atoms with E-state index in [2.05, 4.69) is 29.4 Å². The number of carbonyl (C=O) groups excluding carboxylic acids is 2. The molecular weight excluding hydrogens is 350 g/mol. The van der Waals surface area contributed by atoms with Crippen molar-refractivity contribution in [1.82, 2.24) is 15.5 Å². The Morgan fingerprint density at radius 2 is 1.52 bits per heavy atom. The number of likely N-dealkylation sites (N-methyl/N-ethyl adjacent to an activating group) is 1. The van der Waals surface area contributed by atoms with Crippen molar-refractivity contribution in [2.75, 3.05) is 54.1 Å². The van der Waals surface area contributed by atoms with Crippen LogP contribution in [0.4, 0.5) is 0 Å². The zero-order chi connectivity index (χ0) is 20.2. The molecule has 0 saturated heterocycles. The Kier molecular flexibility index (Phi) is 10.0. The van der Waals surface area contributed by atoms with Gasteiger partial charge in [0.1, 0.15) is 0 Å². The van der Waals surface area contributed by atoms with E-state index >= 15 is 0 Å². The molecular formula is C19H31N3O5. The predicted octanol–water partition coefficient (Wildman–Crippen LogP) is 1.29. The summed E-state index contributed by atoms with van der Waals surface area (Å²) in [4.78, 5) is 26.4. The molecule has 1 rings (SSSR count). The topological polar surface area (TPSA) is 89.1 Å². The molecule has 8 heteroatoms. The van der Waals surface area contributed by atoms with Crippen LogP contribution in [0, 0.1) is 0 Å². The lowest BCUT2D eigenvalue weighted by Crippen LogP contribution is -2.36. The highest BCUT2D eigenvalue weighted by atomic mass is 16.5. The minimum Gasteiger partial charge on any atom is -0.493 e. The number of nitrogens with zero attached hydrogens (tertiary/aromatic N) is 1. The molecule has 0 aromatic heterocycles. The number of ether oxygens (including phenoxy) is 3. The molecule has 0 aliphatic rings. The van der Waals surface area contributed by atoms with E-state index in [1.165, 1.54) is 21.3 Å². The first-order chi connectivity index (χ1) is 13.0. The fraction of sp³-hybridized carbons (Fsp3) is 0.579. The normalized spacial score (nSPS) is 10.4. The summed E-state index contributed by atoms with van der Waals surface area (Å²) in [6, 6.07) is 3.14. The Labute approximate surface area is 161 Å². The smallest absolute Gasteiger partial charge is 0.251 e. The van der Waals surface area contributed by atoms with Gasteiger partial charge in [-0.15, -0.1) is 0 Å². The lowest BCUT2D eigenvalue weighted by molar-refractivity contribution is -0.121. The number of nitrogens with one attached hydrogen (secondary N) is 2. The summed E-state index contributed by atoms with van der Waals surface area (Å²) in [7, 11) is 4.47. The van der Waals surface area contributed by atoms with Crippen molar-refractivity contribution in [3.8, 4) is 17.2 Å². The van der Waals surface area contributed by atoms with Crippen molar-refractivity contribution in [2.24, 2.45) is 0 Å². The summed E-state index contributed by atoms with van der Waals surface area (Å²) in [5, 5.41) is 5.59. The van der Waals surface area contributed by atoms with Crippen LogP contribution in [0.3, 0.4) is 0 Å². The second kappa shape index (κ2) is 12.0. The third-order valence-corrected chi connectivity index (χ3v) is 4.21. The van der Waals surface area contributed by atoms with Gasteiger partial charge in [0.15, 0.2) is 11.5 Å². The predicted molar refractivity (Wildman–Crippen MR) is 104 cm³/mol. The van der Waals surface area contributed by atoms with Crippen LogP contribution in [-0.4, -0.2) is 70.8 Å². The maximum Gasteiger partial charge on any atom is 0.251 e. The van der Waals surface area contributed by atoms with Gasteiger partial charge in [0.05, 0.1) is 21.3 Å². The zero-order valence-corrected chi connectivity index (χ0v) is 16.9. The molecule has 0 fully saturated rings. The average Bonchev–Trinajstić information content (AvgIpc) is 2.69. The molecule has 0 radical (unpaired) electrons. The van der Waals surface area contributed by atoms with E-state index in [9.17, 15) is 9.59 Å². The third kappa shape index (κ3) is 6.97. The molecule has 1 aromatic carbocycles. The van der Waals surface area contributed by atoms with Crippen molar-refractivity contribution in [3.63, 3.8) is 0 Å². The number of hydrogen-bond acceptors (Lipinski definition) is 6. The van der Waals surface area contributed by atoms with E-state index in [0.29, 0.717) is 29.4 Å². The van der Waals surface area contributed by atoms with Crippen LogP contribution in [-0.2, 0) is 4.79 Å². The maximum atomic E-state index is 12.3. The molecule has 0 aliphatic carbocycles. The minimum atomic E-state index is -0.315. The van der Waals surface area contributed by atoms with E-state index in [4.69, 9.17) is 14.2 Å². The number of carbonyl (C=O) groups is 2. The Balaban J connectivity index is 2.52. The highest BCUT2D eigenvalue weighted by Gasteiger charge is 2.17. The molecule has 1 aromatic rings. The summed E-state index contributed by atoms with van der Waals surface area (Å²) >= 11 is 0. The Hall–Kier alpha value is -2.48. The molecule has 0 spiro atoms. The number of rotatable bonds is 12. The first kappa shape index (κ1) is 22.6. The van der Waals surface area contributed by atoms with E-state index in [1.807, 2.05) is 0 Å². The zero-order valence-electron chi connectivity index (χ0n) is 16.9. The highest BCUT2D eigenvalue weighted by molar-refractivity contribution is 5.95. The quantitative estimate of drug-likeness (QED) is 0.567. The van der Waals surface area contributed by atoms with Gasteiger partial charge in [-0.05, 0) is 25.2 Å². The van der Waals surface area contributed by atoms with Crippen LogP contribution in [0.1, 0.15) is 30.6 Å². The van der Waals surface area contributed by atoms with Gasteiger partial charge in [0.25, 0.3) is 5.91 Å². The van der Waals surface area contributed by atoms with Crippen LogP contribution < -0.4 is 24.8 Å². The molecule has 27 heavy (non-hydrogen) atoms. The third-order valence-electron chi connectivity index (χ3n) is 4.21. The summed E-state index contributed by atoms with van der Waals surface area (Å²) in [6.45, 7) is 7.74. The number of amides is 2. The molecule has 152 valence electrons. The lowest BCUT2D eigenvalue weighted by atomic mass is 10.1. The summed E-state index contributed by atoms with van der Waals surface area (Å²) in [6.07, 6.45) is 0.217. The van der Waals surface area contributed by atoms with Crippen LogP contribution in [0.5, 0.6) is 17.2 Å². The van der Waals surface area contributed by atoms with Crippen molar-refractivity contribution in [2.45, 2.75) is 20.3 Å². The van der Waals surface area contributed by atoms with Crippen molar-refractivity contribution in [1.29, 1.82) is 0 Å². The fourth-order valence-electron chi connectivity index (χ4n) is 2.59. The standard InChI is InChI=1S/C19H31N3O5/c1-6-22(7-2)11-10-20-17(23)8-9-21-19(24)14-12-15(25-3)18(27-5)16(13-14)26-4/h12-13H,6-11H2,1-5H3,(H,20,23)(H,21,24). The van der Waals surface area contributed by atoms with Crippen LogP contribution >= 0.6 is 0 Å². The van der Waals surface area contributed by atoms with Gasteiger partial charge < -0.3 is 29.7 Å². The Morgan fingerprint density at radius 1 is 0.926 bits per heavy atom. The van der Waals surface area contributed by atoms with Gasteiger partial charge in [-0.2, -0.15) is 0 Å². The second-order valence-corrected chi connectivity index (χ2v) is 5.80. The molecule has 8 nitrogen and oxygen atoms in total. The Morgan fingerprint density at radius 3 is 2.00 bits per heavy atom. The van der Waals surface area contributed by atoms with Gasteiger partial charge >= 0.3 is 0 Å². The van der Waals surface area contributed by atoms with Crippen molar-refractivity contribution >= 4 is 11.8 Å². The van der Waals surface area contributed by atoms with Gasteiger partial charge in [-0.3, -0.25) is 9.59 Å². The van der Waals surface area contributed by atoms with E-state index < -0.39 is 0 Å². The van der Waals surface area contributed by atoms with E-state index in [0.717, 1.165) is 19.6 Å². The monoisotopic (exact) mass is 381 g/mol. The Bertz CT molecular complexity index is 592. The largest absolute Gasteiger partial charge is 0.493 e.